The summed E-state index contributed by atoms with van der Waals surface area (Å²) >= 11 is 0. The number of halogens is 3. The number of hydrogen-bond donors (Lipinski definition) is 1. The van der Waals surface area contributed by atoms with E-state index in [0.717, 1.165) is 19.2 Å². The minimum atomic E-state index is -4.27. The van der Waals surface area contributed by atoms with Crippen LogP contribution in [0.1, 0.15) is 13.3 Å². The lowest BCUT2D eigenvalue weighted by atomic mass is 10.2. The monoisotopic (exact) mass is 167 g/mol. The first kappa shape index (κ1) is 10.0. The highest BCUT2D eigenvalue weighted by atomic mass is 19.4. The first-order chi connectivity index (χ1) is 4.98. The molecule has 0 fully saturated rings. The predicted octanol–water partition coefficient (Wildman–Crippen LogP) is 2.35. The molecule has 0 aliphatic carbocycles. The molecule has 0 aliphatic rings. The molecule has 2 nitrogen and oxygen atoms in total. The Morgan fingerprint density at radius 1 is 1.55 bits per heavy atom. The molecule has 0 amide bonds. The van der Waals surface area contributed by atoms with Gasteiger partial charge in [0.2, 0.25) is 0 Å². The Balaban J connectivity index is 4.01. The smallest absolute Gasteiger partial charge is 0.411 e. The second-order valence-electron chi connectivity index (χ2n) is 1.92. The maximum absolute atomic E-state index is 11.7. The summed E-state index contributed by atoms with van der Waals surface area (Å²) in [7, 11) is 0. The Morgan fingerprint density at radius 2 is 2.09 bits per heavy atom. The Labute approximate surface area is 62.0 Å². The van der Waals surface area contributed by atoms with Gasteiger partial charge in [-0.15, -0.1) is 5.16 Å². The molecule has 0 heterocycles. The van der Waals surface area contributed by atoms with E-state index < -0.39 is 11.7 Å². The van der Waals surface area contributed by atoms with E-state index in [1.165, 1.54) is 0 Å². The van der Waals surface area contributed by atoms with Crippen molar-refractivity contribution in [1.82, 2.24) is 0 Å². The van der Waals surface area contributed by atoms with Gasteiger partial charge in [-0.2, -0.15) is 13.2 Å². The third-order valence-electron chi connectivity index (χ3n) is 1.06. The number of oxime groups is 1. The van der Waals surface area contributed by atoms with Crippen LogP contribution in [0.3, 0.4) is 0 Å². The van der Waals surface area contributed by atoms with Gasteiger partial charge in [0.15, 0.2) is 0 Å². The third-order valence-corrected chi connectivity index (χ3v) is 1.06. The van der Waals surface area contributed by atoms with E-state index >= 15 is 0 Å². The molecule has 0 radical (unpaired) electrons. The summed E-state index contributed by atoms with van der Waals surface area (Å²) in [6.45, 7) is 0.964. The SMILES string of the molecule is CC(=CCC=NO)C(F)(F)F. The third kappa shape index (κ3) is 4.41. The molecule has 0 saturated heterocycles. The van der Waals surface area contributed by atoms with Crippen LogP contribution in [0, 0.1) is 0 Å². The molecule has 64 valence electrons. The molecule has 5 heteroatoms. The topological polar surface area (TPSA) is 32.6 Å². The van der Waals surface area contributed by atoms with Crippen LogP contribution in [-0.4, -0.2) is 17.6 Å². The van der Waals surface area contributed by atoms with Gasteiger partial charge in [-0.05, 0) is 6.92 Å². The molecule has 11 heavy (non-hydrogen) atoms. The van der Waals surface area contributed by atoms with Gasteiger partial charge in [0, 0.05) is 18.2 Å². The van der Waals surface area contributed by atoms with E-state index in [2.05, 4.69) is 5.16 Å². The number of allylic oxidation sites excluding steroid dienone is 2. The van der Waals surface area contributed by atoms with E-state index in [9.17, 15) is 13.2 Å². The molecule has 0 rings (SSSR count). The molecule has 0 aromatic carbocycles. The van der Waals surface area contributed by atoms with Crippen LogP contribution >= 0.6 is 0 Å². The van der Waals surface area contributed by atoms with Gasteiger partial charge < -0.3 is 5.21 Å². The van der Waals surface area contributed by atoms with Gasteiger partial charge in [0.1, 0.15) is 0 Å². The zero-order chi connectivity index (χ0) is 8.91. The highest BCUT2D eigenvalue weighted by Gasteiger charge is 2.29. The summed E-state index contributed by atoms with van der Waals surface area (Å²) in [6.07, 6.45) is -2.36. The maximum Gasteiger partial charge on any atom is 0.412 e. The molecule has 0 atom stereocenters. The standard InChI is InChI=1S/C6H8F3NO/c1-5(6(7,8)9)3-2-4-10-11/h3-4,11H,2H2,1H3. The quantitative estimate of drug-likeness (QED) is 0.291. The van der Waals surface area contributed by atoms with E-state index in [1.807, 2.05) is 0 Å². The lowest BCUT2D eigenvalue weighted by Crippen LogP contribution is -2.08. The lowest BCUT2D eigenvalue weighted by Gasteiger charge is -2.04. The fourth-order valence-corrected chi connectivity index (χ4v) is 0.392. The minimum absolute atomic E-state index is 0.0121. The number of rotatable bonds is 2. The normalized spacial score (nSPS) is 14.4. The fraction of sp³-hybridized carbons (Fsp3) is 0.500. The second-order valence-corrected chi connectivity index (χ2v) is 1.92. The Hall–Kier alpha value is -1.00. The van der Waals surface area contributed by atoms with Crippen LogP contribution in [0.4, 0.5) is 13.2 Å². The highest BCUT2D eigenvalue weighted by molar-refractivity contribution is 5.58. The van der Waals surface area contributed by atoms with Gasteiger partial charge in [0.25, 0.3) is 0 Å². The summed E-state index contributed by atoms with van der Waals surface area (Å²) in [5, 5.41) is 10.4. The number of hydrogen-bond acceptors (Lipinski definition) is 2. The van der Waals surface area contributed by atoms with Gasteiger partial charge in [-0.25, -0.2) is 0 Å². The summed E-state index contributed by atoms with van der Waals surface area (Å²) in [5.74, 6) is 0. The van der Waals surface area contributed by atoms with Crippen LogP contribution in [0.2, 0.25) is 0 Å². The minimum Gasteiger partial charge on any atom is -0.411 e. The number of alkyl halides is 3. The van der Waals surface area contributed by atoms with Crippen molar-refractivity contribution in [2.24, 2.45) is 5.16 Å². The van der Waals surface area contributed by atoms with Crippen molar-refractivity contribution >= 4 is 6.21 Å². The van der Waals surface area contributed by atoms with E-state index in [-0.39, 0.29) is 6.42 Å². The maximum atomic E-state index is 11.7. The van der Waals surface area contributed by atoms with Crippen molar-refractivity contribution in [1.29, 1.82) is 0 Å². The Kier molecular flexibility index (Phi) is 3.64. The Bertz CT molecular complexity index is 171. The molecule has 1 N–H and O–H groups in total. The van der Waals surface area contributed by atoms with Crippen LogP contribution < -0.4 is 0 Å². The highest BCUT2D eigenvalue weighted by Crippen LogP contribution is 2.24. The molecule has 0 bridgehead atoms. The summed E-state index contributed by atoms with van der Waals surface area (Å²) in [6, 6.07) is 0. The van der Waals surface area contributed by atoms with E-state index in [4.69, 9.17) is 5.21 Å². The zero-order valence-corrected chi connectivity index (χ0v) is 5.89. The van der Waals surface area contributed by atoms with Crippen molar-refractivity contribution < 1.29 is 18.4 Å². The lowest BCUT2D eigenvalue weighted by molar-refractivity contribution is -0.0914. The first-order valence-corrected chi connectivity index (χ1v) is 2.88. The summed E-state index contributed by atoms with van der Waals surface area (Å²) in [5.41, 5.74) is -0.683. The fourth-order valence-electron chi connectivity index (χ4n) is 0.392. The Morgan fingerprint density at radius 3 is 2.45 bits per heavy atom. The average Bonchev–Trinajstić information content (AvgIpc) is 1.86. The van der Waals surface area contributed by atoms with Crippen LogP contribution in [0.25, 0.3) is 0 Å². The van der Waals surface area contributed by atoms with Crippen LogP contribution in [0.5, 0.6) is 0 Å². The van der Waals surface area contributed by atoms with Crippen molar-refractivity contribution in [2.75, 3.05) is 0 Å². The van der Waals surface area contributed by atoms with E-state index in [0.29, 0.717) is 0 Å². The molecule has 0 spiro atoms. The predicted molar refractivity (Wildman–Crippen MR) is 34.7 cm³/mol. The van der Waals surface area contributed by atoms with E-state index in [1.54, 1.807) is 0 Å². The first-order valence-electron chi connectivity index (χ1n) is 2.88. The van der Waals surface area contributed by atoms with Crippen molar-refractivity contribution in [2.45, 2.75) is 19.5 Å². The average molecular weight is 167 g/mol. The summed E-state index contributed by atoms with van der Waals surface area (Å²) < 4.78 is 35.1. The molecule has 0 aliphatic heterocycles. The van der Waals surface area contributed by atoms with Crippen molar-refractivity contribution in [3.8, 4) is 0 Å². The van der Waals surface area contributed by atoms with Gasteiger partial charge in [0.05, 0.1) is 0 Å². The largest absolute Gasteiger partial charge is 0.412 e. The van der Waals surface area contributed by atoms with Crippen molar-refractivity contribution in [3.05, 3.63) is 11.6 Å². The summed E-state index contributed by atoms with van der Waals surface area (Å²) in [4.78, 5) is 0. The van der Waals surface area contributed by atoms with Gasteiger partial charge >= 0.3 is 6.18 Å². The zero-order valence-electron chi connectivity index (χ0n) is 5.89. The number of nitrogens with zero attached hydrogens (tertiary/aromatic N) is 1. The van der Waals surface area contributed by atoms with Crippen molar-refractivity contribution in [3.63, 3.8) is 0 Å². The molecule has 0 aromatic heterocycles. The molecule has 0 unspecified atom stereocenters. The molecule has 0 aromatic rings. The van der Waals surface area contributed by atoms with Crippen LogP contribution in [-0.2, 0) is 0 Å². The van der Waals surface area contributed by atoms with Crippen LogP contribution in [0.15, 0.2) is 16.8 Å². The second kappa shape index (κ2) is 4.00. The van der Waals surface area contributed by atoms with Gasteiger partial charge in [-0.1, -0.05) is 6.08 Å². The molecular formula is C6H8F3NO. The van der Waals surface area contributed by atoms with Gasteiger partial charge in [-0.3, -0.25) is 0 Å². The molecular weight excluding hydrogens is 159 g/mol. The molecule has 0 saturated carbocycles.